The van der Waals surface area contributed by atoms with Crippen molar-refractivity contribution in [3.8, 4) is 0 Å². The molecule has 0 spiro atoms. The van der Waals surface area contributed by atoms with Crippen LogP contribution >= 0.6 is 15.9 Å². The molecule has 0 aliphatic rings. The molecule has 1 aromatic rings. The van der Waals surface area contributed by atoms with Crippen molar-refractivity contribution in [2.24, 2.45) is 0 Å². The second kappa shape index (κ2) is 3.91. The molecule has 4 nitrogen and oxygen atoms in total. The van der Waals surface area contributed by atoms with Gasteiger partial charge in [0.25, 0.3) is 0 Å². The van der Waals surface area contributed by atoms with Gasteiger partial charge in [0.1, 0.15) is 0 Å². The third-order valence-electron chi connectivity index (χ3n) is 1.96. The van der Waals surface area contributed by atoms with Crippen LogP contribution < -0.4 is 0 Å². The number of carboxylic acids is 1. The van der Waals surface area contributed by atoms with Crippen LogP contribution in [0.4, 0.5) is 0 Å². The second-order valence-corrected chi connectivity index (χ2v) is 3.70. The molecule has 1 heterocycles. The summed E-state index contributed by atoms with van der Waals surface area (Å²) in [5.41, 5.74) is 0.217. The zero-order valence-corrected chi connectivity index (χ0v) is 9.08. The summed E-state index contributed by atoms with van der Waals surface area (Å²) < 4.78 is 2.05. The fraction of sp³-hybridized carbons (Fsp3) is 0.500. The topological polar surface area (TPSA) is 55.1 Å². The first-order valence-electron chi connectivity index (χ1n) is 4.04. The summed E-state index contributed by atoms with van der Waals surface area (Å²) in [7, 11) is 0. The number of hydrogen-bond donors (Lipinski definition) is 1. The van der Waals surface area contributed by atoms with Gasteiger partial charge in [0, 0.05) is 6.04 Å². The van der Waals surface area contributed by atoms with E-state index in [-0.39, 0.29) is 11.7 Å². The lowest BCUT2D eigenvalue weighted by atomic mass is 10.2. The van der Waals surface area contributed by atoms with Gasteiger partial charge in [0.05, 0.1) is 10.7 Å². The summed E-state index contributed by atoms with van der Waals surface area (Å²) in [5, 5.41) is 12.9. The van der Waals surface area contributed by atoms with Gasteiger partial charge in [-0.25, -0.2) is 4.79 Å². The first-order valence-corrected chi connectivity index (χ1v) is 4.83. The number of hydrogen-bond acceptors (Lipinski definition) is 2. The summed E-state index contributed by atoms with van der Waals surface area (Å²) >= 11 is 3.15. The van der Waals surface area contributed by atoms with Gasteiger partial charge in [-0.3, -0.25) is 4.68 Å². The molecule has 0 aliphatic heterocycles. The molecular weight excluding hydrogens is 236 g/mol. The molecule has 0 unspecified atom stereocenters. The van der Waals surface area contributed by atoms with Crippen LogP contribution in [0.5, 0.6) is 0 Å². The minimum Gasteiger partial charge on any atom is -0.476 e. The Morgan fingerprint density at radius 2 is 2.46 bits per heavy atom. The third-order valence-corrected chi connectivity index (χ3v) is 2.54. The van der Waals surface area contributed by atoms with E-state index in [0.717, 1.165) is 6.42 Å². The van der Waals surface area contributed by atoms with Gasteiger partial charge < -0.3 is 5.11 Å². The van der Waals surface area contributed by atoms with Crippen molar-refractivity contribution >= 4 is 21.9 Å². The number of aromatic nitrogens is 2. The fourth-order valence-electron chi connectivity index (χ4n) is 1.05. The van der Waals surface area contributed by atoms with Crippen LogP contribution in [0.25, 0.3) is 0 Å². The molecular formula is C8H11BrN2O2. The molecule has 0 aromatic carbocycles. The highest BCUT2D eigenvalue weighted by molar-refractivity contribution is 9.10. The smallest absolute Gasteiger partial charge is 0.355 e. The first kappa shape index (κ1) is 10.2. The number of rotatable bonds is 3. The minimum absolute atomic E-state index is 0.109. The normalized spacial score (nSPS) is 12.8. The third kappa shape index (κ3) is 1.91. The Bertz CT molecular complexity index is 322. The molecule has 0 bridgehead atoms. The van der Waals surface area contributed by atoms with Gasteiger partial charge >= 0.3 is 5.97 Å². The van der Waals surface area contributed by atoms with E-state index in [0.29, 0.717) is 4.47 Å². The van der Waals surface area contributed by atoms with Crippen molar-refractivity contribution in [2.75, 3.05) is 0 Å². The number of carboxylic acid groups (broad SMARTS) is 1. The molecule has 13 heavy (non-hydrogen) atoms. The molecule has 0 saturated carbocycles. The van der Waals surface area contributed by atoms with E-state index in [9.17, 15) is 4.79 Å². The summed E-state index contributed by atoms with van der Waals surface area (Å²) in [6.45, 7) is 3.93. The predicted molar refractivity (Wildman–Crippen MR) is 51.9 cm³/mol. The van der Waals surface area contributed by atoms with Crippen molar-refractivity contribution < 1.29 is 9.90 Å². The van der Waals surface area contributed by atoms with E-state index in [2.05, 4.69) is 21.0 Å². The summed E-state index contributed by atoms with van der Waals surface area (Å²) in [6.07, 6.45) is 2.37. The fourth-order valence-corrected chi connectivity index (χ4v) is 1.49. The maximum Gasteiger partial charge on any atom is 0.355 e. The van der Waals surface area contributed by atoms with Gasteiger partial charge in [-0.15, -0.1) is 0 Å². The molecule has 0 aliphatic carbocycles. The summed E-state index contributed by atoms with van der Waals surface area (Å²) in [5.74, 6) is -0.954. The Kier molecular flexibility index (Phi) is 3.08. The van der Waals surface area contributed by atoms with Crippen LogP contribution in [0.3, 0.4) is 0 Å². The molecule has 1 atom stereocenters. The van der Waals surface area contributed by atoms with Crippen molar-refractivity contribution in [2.45, 2.75) is 26.3 Å². The van der Waals surface area contributed by atoms with Crippen LogP contribution in [0, 0.1) is 0 Å². The first-order chi connectivity index (χ1) is 6.07. The molecule has 1 N–H and O–H groups in total. The summed E-state index contributed by atoms with van der Waals surface area (Å²) in [6, 6.07) is 0.109. The maximum atomic E-state index is 10.8. The number of aromatic carboxylic acids is 1. The average molecular weight is 247 g/mol. The van der Waals surface area contributed by atoms with E-state index in [1.54, 1.807) is 0 Å². The minimum atomic E-state index is -0.954. The van der Waals surface area contributed by atoms with E-state index in [1.165, 1.54) is 10.9 Å². The van der Waals surface area contributed by atoms with Crippen molar-refractivity contribution in [1.82, 2.24) is 9.78 Å². The van der Waals surface area contributed by atoms with Gasteiger partial charge in [0.15, 0.2) is 5.69 Å². The molecule has 0 radical (unpaired) electrons. The average Bonchev–Trinajstić information content (AvgIpc) is 2.45. The van der Waals surface area contributed by atoms with Gasteiger partial charge in [-0.05, 0) is 29.3 Å². The van der Waals surface area contributed by atoms with Crippen LogP contribution in [0.2, 0.25) is 0 Å². The van der Waals surface area contributed by atoms with E-state index < -0.39 is 5.97 Å². The van der Waals surface area contributed by atoms with Gasteiger partial charge in [-0.1, -0.05) is 6.92 Å². The number of nitrogens with zero attached hydrogens (tertiary/aromatic N) is 2. The Morgan fingerprint density at radius 1 is 1.85 bits per heavy atom. The number of halogens is 1. The zero-order valence-electron chi connectivity index (χ0n) is 7.49. The van der Waals surface area contributed by atoms with Crippen LogP contribution in [0.15, 0.2) is 10.7 Å². The maximum absolute atomic E-state index is 10.8. The molecule has 0 saturated heterocycles. The van der Waals surface area contributed by atoms with Gasteiger partial charge in [-0.2, -0.15) is 5.10 Å². The van der Waals surface area contributed by atoms with Crippen molar-refractivity contribution in [1.29, 1.82) is 0 Å². The van der Waals surface area contributed by atoms with E-state index in [1.807, 2.05) is 13.8 Å². The quantitative estimate of drug-likeness (QED) is 0.891. The molecule has 1 aromatic heterocycles. The summed E-state index contributed by atoms with van der Waals surface area (Å²) in [4.78, 5) is 10.8. The van der Waals surface area contributed by atoms with Crippen LogP contribution in [0.1, 0.15) is 36.8 Å². The standard InChI is InChI=1S/C8H11BrN2O2/c1-3-5(2)11-7(8(12)13)6(9)4-10-11/h4-5H,3H2,1-2H3,(H,12,13)/t5-/m1/s1. The predicted octanol–water partition coefficient (Wildman–Crippen LogP) is 2.31. The van der Waals surface area contributed by atoms with E-state index in [4.69, 9.17) is 5.11 Å². The Morgan fingerprint density at radius 3 is 2.92 bits per heavy atom. The van der Waals surface area contributed by atoms with E-state index >= 15 is 0 Å². The largest absolute Gasteiger partial charge is 0.476 e. The van der Waals surface area contributed by atoms with Crippen LogP contribution in [-0.4, -0.2) is 20.9 Å². The monoisotopic (exact) mass is 246 g/mol. The second-order valence-electron chi connectivity index (χ2n) is 2.85. The Labute approximate surface area is 84.7 Å². The molecule has 0 amide bonds. The van der Waals surface area contributed by atoms with Gasteiger partial charge in [0.2, 0.25) is 0 Å². The van der Waals surface area contributed by atoms with Crippen molar-refractivity contribution in [3.63, 3.8) is 0 Å². The molecule has 1 rings (SSSR count). The SMILES string of the molecule is CC[C@@H](C)n1ncc(Br)c1C(=O)O. The number of carbonyl (C=O) groups is 1. The Hall–Kier alpha value is -0.840. The van der Waals surface area contributed by atoms with Crippen LogP contribution in [-0.2, 0) is 0 Å². The highest BCUT2D eigenvalue weighted by atomic mass is 79.9. The highest BCUT2D eigenvalue weighted by Crippen LogP contribution is 2.20. The molecule has 72 valence electrons. The Balaban J connectivity index is 3.14. The molecule has 5 heteroatoms. The zero-order chi connectivity index (χ0) is 10.0. The highest BCUT2D eigenvalue weighted by Gasteiger charge is 2.18. The lowest BCUT2D eigenvalue weighted by Crippen LogP contribution is -2.13. The lowest BCUT2D eigenvalue weighted by Gasteiger charge is -2.10. The lowest BCUT2D eigenvalue weighted by molar-refractivity contribution is 0.0679. The van der Waals surface area contributed by atoms with Crippen molar-refractivity contribution in [3.05, 3.63) is 16.4 Å². The molecule has 0 fully saturated rings.